The highest BCUT2D eigenvalue weighted by atomic mass is 28.4. The van der Waals surface area contributed by atoms with Gasteiger partial charge in [0.05, 0.1) is 26.4 Å². The van der Waals surface area contributed by atoms with Gasteiger partial charge in [0.1, 0.15) is 0 Å². The highest BCUT2D eigenvalue weighted by Crippen LogP contribution is 2.43. The molecule has 0 unspecified atom stereocenters. The lowest BCUT2D eigenvalue weighted by molar-refractivity contribution is -0.119. The number of likely N-dealkylation sites (N-methyl/N-ethyl adjacent to an activating group) is 1. The van der Waals surface area contributed by atoms with Crippen LogP contribution in [-0.2, 0) is 14.0 Å². The molecule has 0 atom stereocenters. The molecule has 0 aromatic rings. The highest BCUT2D eigenvalue weighted by Gasteiger charge is 2.41. The van der Waals surface area contributed by atoms with E-state index in [-0.39, 0.29) is 17.5 Å². The van der Waals surface area contributed by atoms with E-state index in [9.17, 15) is 4.79 Å². The largest absolute Gasteiger partial charge is 0.414 e. The third kappa shape index (κ3) is 8.88. The zero-order valence-corrected chi connectivity index (χ0v) is 16.6. The van der Waals surface area contributed by atoms with Crippen molar-refractivity contribution < 1.29 is 14.0 Å². The SMILES string of the molecule is CC(C)CC(C)(C)[Si](C)(C)OCCOCCN(C)CC(N)=O. The summed E-state index contributed by atoms with van der Waals surface area (Å²) >= 11 is 0. The Morgan fingerprint density at radius 3 is 2.32 bits per heavy atom. The fourth-order valence-corrected chi connectivity index (χ4v) is 4.37. The zero-order chi connectivity index (χ0) is 17.4. The summed E-state index contributed by atoms with van der Waals surface area (Å²) in [7, 11) is 0.107. The van der Waals surface area contributed by atoms with Crippen molar-refractivity contribution in [3.63, 3.8) is 0 Å². The second kappa shape index (κ2) is 9.65. The van der Waals surface area contributed by atoms with E-state index in [1.807, 2.05) is 11.9 Å². The van der Waals surface area contributed by atoms with E-state index in [1.165, 1.54) is 6.42 Å². The first-order chi connectivity index (χ1) is 9.98. The Balaban J connectivity index is 3.92. The second-order valence-corrected chi connectivity index (χ2v) is 12.3. The average Bonchev–Trinajstić information content (AvgIpc) is 2.30. The van der Waals surface area contributed by atoms with Gasteiger partial charge in [-0.1, -0.05) is 27.7 Å². The van der Waals surface area contributed by atoms with Gasteiger partial charge in [-0.3, -0.25) is 9.69 Å². The highest BCUT2D eigenvalue weighted by molar-refractivity contribution is 6.74. The minimum Gasteiger partial charge on any atom is -0.414 e. The third-order valence-electron chi connectivity index (χ3n) is 4.28. The van der Waals surface area contributed by atoms with E-state index < -0.39 is 8.32 Å². The number of carbonyl (C=O) groups is 1. The van der Waals surface area contributed by atoms with Crippen molar-refractivity contribution in [3.8, 4) is 0 Å². The molecule has 0 aliphatic heterocycles. The molecule has 0 saturated carbocycles. The lowest BCUT2D eigenvalue weighted by Crippen LogP contribution is -2.43. The standard InChI is InChI=1S/C16H36N2O3Si/c1-14(2)12-16(3,4)22(6,7)21-11-10-20-9-8-18(5)13-15(17)19/h14H,8-13H2,1-7H3,(H2,17,19). The normalized spacial score (nSPS) is 13.1. The number of primary amides is 1. The molecule has 0 bridgehead atoms. The molecule has 0 saturated heterocycles. The van der Waals surface area contributed by atoms with Crippen LogP contribution in [0.4, 0.5) is 0 Å². The van der Waals surface area contributed by atoms with E-state index in [1.54, 1.807) is 0 Å². The van der Waals surface area contributed by atoms with Gasteiger partial charge >= 0.3 is 0 Å². The predicted molar refractivity (Wildman–Crippen MR) is 94.4 cm³/mol. The van der Waals surface area contributed by atoms with Gasteiger partial charge in [0, 0.05) is 6.54 Å². The molecule has 0 fully saturated rings. The summed E-state index contributed by atoms with van der Waals surface area (Å²) in [6.45, 7) is 16.5. The van der Waals surface area contributed by atoms with E-state index >= 15 is 0 Å². The van der Waals surface area contributed by atoms with Gasteiger partial charge in [0.15, 0.2) is 8.32 Å². The molecule has 0 heterocycles. The second-order valence-electron chi connectivity index (χ2n) is 7.66. The van der Waals surface area contributed by atoms with Crippen LogP contribution in [0.15, 0.2) is 0 Å². The lowest BCUT2D eigenvalue weighted by atomic mass is 10.00. The molecule has 0 aliphatic carbocycles. The number of nitrogens with two attached hydrogens (primary N) is 1. The van der Waals surface area contributed by atoms with Crippen LogP contribution < -0.4 is 5.73 Å². The summed E-state index contributed by atoms with van der Waals surface area (Å²) in [4.78, 5) is 12.6. The van der Waals surface area contributed by atoms with Gasteiger partial charge in [-0.05, 0) is 37.5 Å². The number of nitrogens with zero attached hydrogens (tertiary/aromatic N) is 1. The van der Waals surface area contributed by atoms with E-state index in [0.717, 1.165) is 0 Å². The lowest BCUT2D eigenvalue weighted by Gasteiger charge is -2.40. The molecular formula is C16H36N2O3Si. The van der Waals surface area contributed by atoms with Crippen LogP contribution >= 0.6 is 0 Å². The Bertz CT molecular complexity index is 333. The Kier molecular flexibility index (Phi) is 9.46. The van der Waals surface area contributed by atoms with Crippen molar-refractivity contribution >= 4 is 14.2 Å². The minimum atomic E-state index is -1.75. The summed E-state index contributed by atoms with van der Waals surface area (Å²) in [5.74, 6) is 0.369. The van der Waals surface area contributed by atoms with E-state index in [2.05, 4.69) is 40.8 Å². The fourth-order valence-electron chi connectivity index (χ4n) is 2.49. The molecule has 132 valence electrons. The first-order valence-electron chi connectivity index (χ1n) is 8.16. The predicted octanol–water partition coefficient (Wildman–Crippen LogP) is 2.47. The molecule has 0 aliphatic rings. The van der Waals surface area contributed by atoms with Gasteiger partial charge in [-0.15, -0.1) is 0 Å². The number of hydrogen-bond acceptors (Lipinski definition) is 4. The van der Waals surface area contributed by atoms with Gasteiger partial charge in [0.2, 0.25) is 5.91 Å². The first kappa shape index (κ1) is 21.6. The molecule has 0 aromatic carbocycles. The Labute approximate surface area is 137 Å². The van der Waals surface area contributed by atoms with Crippen LogP contribution in [0.3, 0.4) is 0 Å². The molecule has 1 amide bonds. The number of hydrogen-bond donors (Lipinski definition) is 1. The first-order valence-corrected chi connectivity index (χ1v) is 11.1. The zero-order valence-electron chi connectivity index (χ0n) is 15.6. The summed E-state index contributed by atoms with van der Waals surface area (Å²) in [6, 6.07) is 0. The van der Waals surface area contributed by atoms with Gasteiger partial charge < -0.3 is 14.9 Å². The maximum Gasteiger partial charge on any atom is 0.231 e. The molecule has 0 spiro atoms. The number of carbonyl (C=O) groups excluding carboxylic acids is 1. The number of amides is 1. The van der Waals surface area contributed by atoms with Crippen LogP contribution in [0, 0.1) is 5.92 Å². The van der Waals surface area contributed by atoms with Crippen molar-refractivity contribution in [2.45, 2.75) is 52.2 Å². The number of ether oxygens (including phenoxy) is 1. The molecule has 0 radical (unpaired) electrons. The van der Waals surface area contributed by atoms with Crippen LogP contribution in [0.2, 0.25) is 18.1 Å². The maximum absolute atomic E-state index is 10.7. The quantitative estimate of drug-likeness (QED) is 0.440. The van der Waals surface area contributed by atoms with Crippen LogP contribution in [0.25, 0.3) is 0 Å². The fraction of sp³-hybridized carbons (Fsp3) is 0.938. The van der Waals surface area contributed by atoms with Crippen LogP contribution in [0.5, 0.6) is 0 Å². The Morgan fingerprint density at radius 1 is 1.23 bits per heavy atom. The maximum atomic E-state index is 10.7. The van der Waals surface area contributed by atoms with Gasteiger partial charge in [-0.25, -0.2) is 0 Å². The van der Waals surface area contributed by atoms with Crippen LogP contribution in [0.1, 0.15) is 34.1 Å². The Hall–Kier alpha value is -0.433. The third-order valence-corrected chi connectivity index (χ3v) is 8.67. The van der Waals surface area contributed by atoms with Gasteiger partial charge in [0.25, 0.3) is 0 Å². The summed E-state index contributed by atoms with van der Waals surface area (Å²) in [6.07, 6.45) is 1.19. The van der Waals surface area contributed by atoms with E-state index in [4.69, 9.17) is 14.9 Å². The summed E-state index contributed by atoms with van der Waals surface area (Å²) < 4.78 is 11.8. The molecule has 0 rings (SSSR count). The number of rotatable bonds is 12. The van der Waals surface area contributed by atoms with Crippen molar-refractivity contribution in [2.24, 2.45) is 11.7 Å². The minimum absolute atomic E-state index is 0.253. The summed E-state index contributed by atoms with van der Waals surface area (Å²) in [5, 5.41) is 0.253. The molecule has 22 heavy (non-hydrogen) atoms. The van der Waals surface area contributed by atoms with Crippen molar-refractivity contribution in [2.75, 3.05) is 40.0 Å². The molecule has 0 aromatic heterocycles. The van der Waals surface area contributed by atoms with Gasteiger partial charge in [-0.2, -0.15) is 0 Å². The molecule has 2 N–H and O–H groups in total. The molecule has 6 heteroatoms. The topological polar surface area (TPSA) is 64.8 Å². The van der Waals surface area contributed by atoms with Crippen LogP contribution in [-0.4, -0.2) is 59.1 Å². The molecule has 5 nitrogen and oxygen atoms in total. The van der Waals surface area contributed by atoms with E-state index in [0.29, 0.717) is 32.3 Å². The molecular weight excluding hydrogens is 296 g/mol. The smallest absolute Gasteiger partial charge is 0.231 e. The average molecular weight is 333 g/mol. The Morgan fingerprint density at radius 2 is 1.82 bits per heavy atom. The van der Waals surface area contributed by atoms with Crippen molar-refractivity contribution in [1.29, 1.82) is 0 Å². The monoisotopic (exact) mass is 332 g/mol. The van der Waals surface area contributed by atoms with Crippen molar-refractivity contribution in [1.82, 2.24) is 4.90 Å². The van der Waals surface area contributed by atoms with Crippen molar-refractivity contribution in [3.05, 3.63) is 0 Å². The summed E-state index contributed by atoms with van der Waals surface area (Å²) in [5.41, 5.74) is 5.13.